The summed E-state index contributed by atoms with van der Waals surface area (Å²) >= 11 is 1.76. The van der Waals surface area contributed by atoms with E-state index in [9.17, 15) is 4.79 Å². The van der Waals surface area contributed by atoms with Gasteiger partial charge in [-0.2, -0.15) is 0 Å². The number of hydrogen-bond acceptors (Lipinski definition) is 4. The number of fused-ring (bicyclic) bond motifs is 1. The topological polar surface area (TPSA) is 59.2 Å². The van der Waals surface area contributed by atoms with Gasteiger partial charge in [-0.05, 0) is 32.2 Å². The Morgan fingerprint density at radius 2 is 2.53 bits per heavy atom. The summed E-state index contributed by atoms with van der Waals surface area (Å²) in [4.78, 5) is 19.1. The van der Waals surface area contributed by atoms with Crippen LogP contribution in [0.4, 0.5) is 0 Å². The first-order valence-electron chi connectivity index (χ1n) is 6.75. The maximum absolute atomic E-state index is 10.8. The SMILES string of the molecule is C=CCN(CCCC(N)=O)C1CCc2ncsc2C1. The van der Waals surface area contributed by atoms with Crippen LogP contribution in [0.1, 0.15) is 29.8 Å². The molecule has 0 saturated heterocycles. The molecule has 1 aliphatic rings. The summed E-state index contributed by atoms with van der Waals surface area (Å²) in [6, 6.07) is 0.541. The Bertz CT molecular complexity index is 444. The Hall–Kier alpha value is -1.20. The summed E-state index contributed by atoms with van der Waals surface area (Å²) in [5.41, 5.74) is 8.41. The second kappa shape index (κ2) is 6.82. The predicted octanol–water partition coefficient (Wildman–Crippen LogP) is 1.75. The monoisotopic (exact) mass is 279 g/mol. The zero-order valence-electron chi connectivity index (χ0n) is 11.2. The van der Waals surface area contributed by atoms with Gasteiger partial charge in [0.25, 0.3) is 0 Å². The van der Waals surface area contributed by atoms with Gasteiger partial charge in [-0.15, -0.1) is 17.9 Å². The number of amides is 1. The van der Waals surface area contributed by atoms with Crippen molar-refractivity contribution in [3.63, 3.8) is 0 Å². The smallest absolute Gasteiger partial charge is 0.217 e. The standard InChI is InChI=1S/C14H21N3OS/c1-2-7-17(8-3-4-14(15)18)11-5-6-12-13(9-11)19-10-16-12/h2,10-11H,1,3-9H2,(H2,15,18). The summed E-state index contributed by atoms with van der Waals surface area (Å²) in [5.74, 6) is -0.216. The molecule has 19 heavy (non-hydrogen) atoms. The molecule has 0 aromatic carbocycles. The highest BCUT2D eigenvalue weighted by atomic mass is 32.1. The van der Waals surface area contributed by atoms with E-state index in [4.69, 9.17) is 5.73 Å². The lowest BCUT2D eigenvalue weighted by Gasteiger charge is -2.33. The Labute approximate surface area is 118 Å². The molecule has 4 nitrogen and oxygen atoms in total. The molecule has 1 heterocycles. The third-order valence-electron chi connectivity index (χ3n) is 3.61. The van der Waals surface area contributed by atoms with Crippen LogP contribution < -0.4 is 5.73 Å². The van der Waals surface area contributed by atoms with Gasteiger partial charge in [0.2, 0.25) is 5.91 Å². The molecule has 1 aromatic heterocycles. The number of hydrogen-bond donors (Lipinski definition) is 1. The van der Waals surface area contributed by atoms with Crippen LogP contribution in [0.5, 0.6) is 0 Å². The lowest BCUT2D eigenvalue weighted by atomic mass is 9.96. The van der Waals surface area contributed by atoms with E-state index in [1.54, 1.807) is 11.3 Å². The van der Waals surface area contributed by atoms with E-state index in [1.807, 2.05) is 11.6 Å². The van der Waals surface area contributed by atoms with Crippen LogP contribution in [0, 0.1) is 0 Å². The van der Waals surface area contributed by atoms with Crippen LogP contribution in [0.25, 0.3) is 0 Å². The normalized spacial score (nSPS) is 18.3. The van der Waals surface area contributed by atoms with Crippen molar-refractivity contribution in [2.45, 2.75) is 38.1 Å². The Morgan fingerprint density at radius 1 is 1.68 bits per heavy atom. The first-order valence-corrected chi connectivity index (χ1v) is 7.63. The number of aromatic nitrogens is 1. The van der Waals surface area contributed by atoms with Gasteiger partial charge in [-0.3, -0.25) is 9.69 Å². The number of nitrogens with two attached hydrogens (primary N) is 1. The fourth-order valence-electron chi connectivity index (χ4n) is 2.64. The van der Waals surface area contributed by atoms with E-state index in [-0.39, 0.29) is 5.91 Å². The largest absolute Gasteiger partial charge is 0.370 e. The van der Waals surface area contributed by atoms with E-state index in [0.29, 0.717) is 12.5 Å². The summed E-state index contributed by atoms with van der Waals surface area (Å²) in [6.07, 6.45) is 6.51. The third kappa shape index (κ3) is 3.88. The minimum Gasteiger partial charge on any atom is -0.370 e. The van der Waals surface area contributed by atoms with E-state index >= 15 is 0 Å². The highest BCUT2D eigenvalue weighted by Gasteiger charge is 2.25. The molecule has 1 atom stereocenters. The van der Waals surface area contributed by atoms with E-state index in [0.717, 1.165) is 38.8 Å². The molecule has 5 heteroatoms. The number of aryl methyl sites for hydroxylation is 1. The Morgan fingerprint density at radius 3 is 3.26 bits per heavy atom. The molecule has 1 unspecified atom stereocenters. The predicted molar refractivity (Wildman–Crippen MR) is 78.1 cm³/mol. The molecule has 0 saturated carbocycles. The van der Waals surface area contributed by atoms with Gasteiger partial charge in [0.1, 0.15) is 0 Å². The molecule has 0 aliphatic heterocycles. The van der Waals surface area contributed by atoms with Gasteiger partial charge in [-0.1, -0.05) is 6.08 Å². The average Bonchev–Trinajstić information content (AvgIpc) is 2.84. The van der Waals surface area contributed by atoms with Crippen molar-refractivity contribution < 1.29 is 4.79 Å². The minimum absolute atomic E-state index is 0.216. The van der Waals surface area contributed by atoms with E-state index < -0.39 is 0 Å². The molecular weight excluding hydrogens is 258 g/mol. The number of nitrogens with zero attached hydrogens (tertiary/aromatic N) is 2. The zero-order valence-corrected chi connectivity index (χ0v) is 12.0. The van der Waals surface area contributed by atoms with Gasteiger partial charge in [-0.25, -0.2) is 4.98 Å². The van der Waals surface area contributed by atoms with Crippen LogP contribution in [0.15, 0.2) is 18.2 Å². The Kier molecular flexibility index (Phi) is 5.10. The molecule has 1 aromatic rings. The lowest BCUT2D eigenvalue weighted by Crippen LogP contribution is -2.40. The molecule has 0 bridgehead atoms. The van der Waals surface area contributed by atoms with Gasteiger partial charge in [0, 0.05) is 23.9 Å². The molecule has 1 aliphatic carbocycles. The number of primary amides is 1. The summed E-state index contributed by atoms with van der Waals surface area (Å²) in [6.45, 7) is 5.61. The number of thiazole rings is 1. The van der Waals surface area contributed by atoms with Crippen LogP contribution >= 0.6 is 11.3 Å². The van der Waals surface area contributed by atoms with E-state index in [2.05, 4.69) is 16.5 Å². The molecule has 2 N–H and O–H groups in total. The quantitative estimate of drug-likeness (QED) is 0.774. The van der Waals surface area contributed by atoms with Gasteiger partial charge >= 0.3 is 0 Å². The highest BCUT2D eigenvalue weighted by Crippen LogP contribution is 2.26. The lowest BCUT2D eigenvalue weighted by molar-refractivity contribution is -0.118. The van der Waals surface area contributed by atoms with Crippen LogP contribution in [0.2, 0.25) is 0 Å². The van der Waals surface area contributed by atoms with Crippen molar-refractivity contribution in [2.75, 3.05) is 13.1 Å². The van der Waals surface area contributed by atoms with Crippen molar-refractivity contribution in [3.8, 4) is 0 Å². The molecular formula is C14H21N3OS. The second-order valence-electron chi connectivity index (χ2n) is 4.97. The van der Waals surface area contributed by atoms with Crippen molar-refractivity contribution in [1.29, 1.82) is 0 Å². The first-order chi connectivity index (χ1) is 9.20. The molecule has 2 rings (SSSR count). The van der Waals surface area contributed by atoms with Crippen LogP contribution in [-0.2, 0) is 17.6 Å². The van der Waals surface area contributed by atoms with Gasteiger partial charge < -0.3 is 5.73 Å². The zero-order chi connectivity index (χ0) is 13.7. The number of rotatable bonds is 7. The fourth-order valence-corrected chi connectivity index (χ4v) is 3.53. The maximum atomic E-state index is 10.8. The molecule has 0 radical (unpaired) electrons. The van der Waals surface area contributed by atoms with E-state index in [1.165, 1.54) is 10.6 Å². The molecule has 104 valence electrons. The minimum atomic E-state index is -0.216. The average molecular weight is 279 g/mol. The highest BCUT2D eigenvalue weighted by molar-refractivity contribution is 7.09. The van der Waals surface area contributed by atoms with Crippen molar-refractivity contribution >= 4 is 17.2 Å². The van der Waals surface area contributed by atoms with Crippen LogP contribution in [-0.4, -0.2) is 34.9 Å². The molecule has 1 amide bonds. The van der Waals surface area contributed by atoms with Gasteiger partial charge in [0.05, 0.1) is 11.2 Å². The third-order valence-corrected chi connectivity index (χ3v) is 4.51. The fraction of sp³-hybridized carbons (Fsp3) is 0.571. The Balaban J connectivity index is 1.92. The number of carbonyl (C=O) groups is 1. The number of carbonyl (C=O) groups excluding carboxylic acids is 1. The second-order valence-corrected chi connectivity index (χ2v) is 5.91. The molecule has 0 fully saturated rings. The first kappa shape index (κ1) is 14.2. The van der Waals surface area contributed by atoms with Crippen LogP contribution in [0.3, 0.4) is 0 Å². The summed E-state index contributed by atoms with van der Waals surface area (Å²) < 4.78 is 0. The molecule has 0 spiro atoms. The summed E-state index contributed by atoms with van der Waals surface area (Å²) in [5, 5.41) is 0. The maximum Gasteiger partial charge on any atom is 0.217 e. The summed E-state index contributed by atoms with van der Waals surface area (Å²) in [7, 11) is 0. The van der Waals surface area contributed by atoms with Crippen molar-refractivity contribution in [1.82, 2.24) is 9.88 Å². The van der Waals surface area contributed by atoms with Crippen molar-refractivity contribution in [2.24, 2.45) is 5.73 Å². The van der Waals surface area contributed by atoms with Gasteiger partial charge in [0.15, 0.2) is 0 Å². The van der Waals surface area contributed by atoms with Crippen molar-refractivity contribution in [3.05, 3.63) is 28.7 Å².